The van der Waals surface area contributed by atoms with Gasteiger partial charge in [0.2, 0.25) is 0 Å². The quantitative estimate of drug-likeness (QED) is 0.577. The number of urea groups is 1. The van der Waals surface area contributed by atoms with Crippen LogP contribution in [0.5, 0.6) is 0 Å². The maximum atomic E-state index is 11.8. The van der Waals surface area contributed by atoms with Crippen LogP contribution in [-0.2, 0) is 4.79 Å². The normalized spacial score (nSPS) is 15.2. The van der Waals surface area contributed by atoms with Gasteiger partial charge in [-0.3, -0.25) is 4.79 Å². The predicted octanol–water partition coefficient (Wildman–Crippen LogP) is 3.14. The predicted molar refractivity (Wildman–Crippen MR) is 80.8 cm³/mol. The van der Waals surface area contributed by atoms with Gasteiger partial charge in [-0.2, -0.15) is 0 Å². The summed E-state index contributed by atoms with van der Waals surface area (Å²) in [6.45, 7) is 7.83. The van der Waals surface area contributed by atoms with Crippen molar-refractivity contribution in [3.05, 3.63) is 0 Å². The molecule has 0 radical (unpaired) electrons. The van der Waals surface area contributed by atoms with Crippen LogP contribution in [0.15, 0.2) is 0 Å². The molecule has 0 bridgehead atoms. The molecule has 0 heterocycles. The summed E-state index contributed by atoms with van der Waals surface area (Å²) in [7, 11) is 0. The van der Waals surface area contributed by atoms with Gasteiger partial charge in [-0.15, -0.1) is 0 Å². The molecule has 0 aromatic heterocycles. The smallest absolute Gasteiger partial charge is 0.315 e. The molecule has 0 aromatic carbocycles. The van der Waals surface area contributed by atoms with Crippen LogP contribution >= 0.6 is 0 Å². The van der Waals surface area contributed by atoms with Gasteiger partial charge in [0, 0.05) is 12.1 Å². The molecule has 3 N–H and O–H groups in total. The van der Waals surface area contributed by atoms with Gasteiger partial charge in [-0.25, -0.2) is 4.79 Å². The molecule has 0 saturated carbocycles. The Hall–Kier alpha value is -1.26. The third kappa shape index (κ3) is 8.77. The van der Waals surface area contributed by atoms with Crippen LogP contribution in [0.4, 0.5) is 4.79 Å². The number of rotatable bonds is 10. The van der Waals surface area contributed by atoms with E-state index in [0.29, 0.717) is 6.42 Å². The highest BCUT2D eigenvalue weighted by atomic mass is 16.4. The molecule has 0 aliphatic rings. The lowest BCUT2D eigenvalue weighted by atomic mass is 10.0. The van der Waals surface area contributed by atoms with E-state index in [1.165, 1.54) is 0 Å². The zero-order chi connectivity index (χ0) is 15.5. The van der Waals surface area contributed by atoms with Crippen molar-refractivity contribution in [3.8, 4) is 0 Å². The van der Waals surface area contributed by atoms with Gasteiger partial charge in [-0.05, 0) is 32.6 Å². The standard InChI is InChI=1S/C15H30N2O3/c1-5-8-13(6-2)17-15(20)16-12(4)10-7-9-11(3)14(18)19/h11-13H,5-10H2,1-4H3,(H,18,19)(H2,16,17,20). The fourth-order valence-electron chi connectivity index (χ4n) is 2.10. The number of hydrogen-bond acceptors (Lipinski definition) is 2. The van der Waals surface area contributed by atoms with Gasteiger partial charge in [0.05, 0.1) is 5.92 Å². The summed E-state index contributed by atoms with van der Waals surface area (Å²) < 4.78 is 0. The van der Waals surface area contributed by atoms with Crippen molar-refractivity contribution in [3.63, 3.8) is 0 Å². The summed E-state index contributed by atoms with van der Waals surface area (Å²) in [6.07, 6.45) is 5.24. The molecular formula is C15H30N2O3. The molecule has 20 heavy (non-hydrogen) atoms. The highest BCUT2D eigenvalue weighted by Crippen LogP contribution is 2.09. The molecule has 0 rings (SSSR count). The first-order chi connectivity index (χ1) is 9.40. The topological polar surface area (TPSA) is 78.4 Å². The highest BCUT2D eigenvalue weighted by Gasteiger charge is 2.13. The lowest BCUT2D eigenvalue weighted by molar-refractivity contribution is -0.141. The Kier molecular flexibility index (Phi) is 9.86. The Balaban J connectivity index is 3.87. The number of aliphatic carboxylic acids is 1. The summed E-state index contributed by atoms with van der Waals surface area (Å²) >= 11 is 0. The van der Waals surface area contributed by atoms with Crippen molar-refractivity contribution in [2.24, 2.45) is 5.92 Å². The summed E-state index contributed by atoms with van der Waals surface area (Å²) in [5, 5.41) is 14.7. The van der Waals surface area contributed by atoms with Crippen LogP contribution in [-0.4, -0.2) is 29.2 Å². The molecular weight excluding hydrogens is 256 g/mol. The zero-order valence-corrected chi connectivity index (χ0v) is 13.2. The largest absolute Gasteiger partial charge is 0.481 e. The number of carbonyl (C=O) groups excluding carboxylic acids is 1. The van der Waals surface area contributed by atoms with Crippen molar-refractivity contribution in [2.45, 2.75) is 78.3 Å². The van der Waals surface area contributed by atoms with Gasteiger partial charge >= 0.3 is 12.0 Å². The van der Waals surface area contributed by atoms with E-state index in [1.807, 2.05) is 6.92 Å². The second-order valence-electron chi connectivity index (χ2n) is 5.58. The molecule has 0 fully saturated rings. The molecule has 0 saturated heterocycles. The van der Waals surface area contributed by atoms with Crippen LogP contribution in [0.25, 0.3) is 0 Å². The molecule has 0 aliphatic carbocycles. The molecule has 5 heteroatoms. The monoisotopic (exact) mass is 286 g/mol. The van der Waals surface area contributed by atoms with Crippen LogP contribution in [0.1, 0.15) is 66.2 Å². The second-order valence-corrected chi connectivity index (χ2v) is 5.58. The zero-order valence-electron chi connectivity index (χ0n) is 13.2. The van der Waals surface area contributed by atoms with Gasteiger partial charge in [0.25, 0.3) is 0 Å². The first kappa shape index (κ1) is 18.7. The third-order valence-electron chi connectivity index (χ3n) is 3.54. The van der Waals surface area contributed by atoms with E-state index in [1.54, 1.807) is 6.92 Å². The number of nitrogens with one attached hydrogen (secondary N) is 2. The Bertz CT molecular complexity index is 295. The van der Waals surface area contributed by atoms with Gasteiger partial charge < -0.3 is 15.7 Å². The van der Waals surface area contributed by atoms with Crippen LogP contribution in [0, 0.1) is 5.92 Å². The summed E-state index contributed by atoms with van der Waals surface area (Å²) in [5.74, 6) is -1.07. The lowest BCUT2D eigenvalue weighted by Gasteiger charge is -2.19. The van der Waals surface area contributed by atoms with Crippen molar-refractivity contribution in [1.29, 1.82) is 0 Å². The Labute approximate surface area is 122 Å². The summed E-state index contributed by atoms with van der Waals surface area (Å²) in [4.78, 5) is 22.5. The fraction of sp³-hybridized carbons (Fsp3) is 0.867. The molecule has 0 aliphatic heterocycles. The van der Waals surface area contributed by atoms with E-state index < -0.39 is 5.97 Å². The molecule has 2 amide bonds. The minimum Gasteiger partial charge on any atom is -0.481 e. The third-order valence-corrected chi connectivity index (χ3v) is 3.54. The maximum Gasteiger partial charge on any atom is 0.315 e. The van der Waals surface area contributed by atoms with Gasteiger partial charge in [-0.1, -0.05) is 33.6 Å². The Morgan fingerprint density at radius 1 is 1.05 bits per heavy atom. The van der Waals surface area contributed by atoms with Gasteiger partial charge in [0.15, 0.2) is 0 Å². The van der Waals surface area contributed by atoms with E-state index in [0.717, 1.165) is 32.1 Å². The van der Waals surface area contributed by atoms with E-state index in [9.17, 15) is 9.59 Å². The van der Waals surface area contributed by atoms with Crippen molar-refractivity contribution < 1.29 is 14.7 Å². The molecule has 0 spiro atoms. The van der Waals surface area contributed by atoms with E-state index in [4.69, 9.17) is 5.11 Å². The molecule has 5 nitrogen and oxygen atoms in total. The van der Waals surface area contributed by atoms with Crippen LogP contribution in [0.2, 0.25) is 0 Å². The van der Waals surface area contributed by atoms with E-state index in [2.05, 4.69) is 24.5 Å². The molecule has 118 valence electrons. The van der Waals surface area contributed by atoms with E-state index in [-0.39, 0.29) is 24.0 Å². The van der Waals surface area contributed by atoms with Crippen molar-refractivity contribution in [2.75, 3.05) is 0 Å². The summed E-state index contributed by atoms with van der Waals surface area (Å²) in [5.41, 5.74) is 0. The molecule has 3 atom stereocenters. The minimum absolute atomic E-state index is 0.0649. The number of carboxylic acid groups (broad SMARTS) is 1. The van der Waals surface area contributed by atoms with Crippen molar-refractivity contribution in [1.82, 2.24) is 10.6 Å². The Morgan fingerprint density at radius 2 is 1.70 bits per heavy atom. The number of carbonyl (C=O) groups is 2. The van der Waals surface area contributed by atoms with Crippen molar-refractivity contribution >= 4 is 12.0 Å². The summed E-state index contributed by atoms with van der Waals surface area (Å²) in [6, 6.07) is 0.179. The maximum absolute atomic E-state index is 11.8. The van der Waals surface area contributed by atoms with Crippen LogP contribution < -0.4 is 10.6 Å². The minimum atomic E-state index is -0.756. The molecule has 0 aromatic rings. The Morgan fingerprint density at radius 3 is 2.20 bits per heavy atom. The van der Waals surface area contributed by atoms with Crippen LogP contribution in [0.3, 0.4) is 0 Å². The highest BCUT2D eigenvalue weighted by molar-refractivity contribution is 5.74. The SMILES string of the molecule is CCCC(CC)NC(=O)NC(C)CCCC(C)C(=O)O. The number of carboxylic acids is 1. The number of amides is 2. The van der Waals surface area contributed by atoms with Gasteiger partial charge in [0.1, 0.15) is 0 Å². The average molecular weight is 286 g/mol. The first-order valence-corrected chi connectivity index (χ1v) is 7.70. The lowest BCUT2D eigenvalue weighted by Crippen LogP contribution is -2.45. The molecule has 3 unspecified atom stereocenters. The first-order valence-electron chi connectivity index (χ1n) is 7.70. The fourth-order valence-corrected chi connectivity index (χ4v) is 2.10. The second kappa shape index (κ2) is 10.5. The average Bonchev–Trinajstić information content (AvgIpc) is 2.37. The number of hydrogen-bond donors (Lipinski definition) is 3. The van der Waals surface area contributed by atoms with E-state index >= 15 is 0 Å².